The van der Waals surface area contributed by atoms with E-state index < -0.39 is 12.1 Å². The monoisotopic (exact) mass is 353 g/mol. The van der Waals surface area contributed by atoms with Crippen LogP contribution in [0, 0.1) is 0 Å². The predicted molar refractivity (Wildman–Crippen MR) is 100.0 cm³/mol. The van der Waals surface area contributed by atoms with Gasteiger partial charge in [-0.05, 0) is 49.6 Å². The van der Waals surface area contributed by atoms with E-state index in [1.165, 1.54) is 0 Å². The van der Waals surface area contributed by atoms with E-state index in [9.17, 15) is 9.59 Å². The molecule has 1 aliphatic carbocycles. The second kappa shape index (κ2) is 8.38. The molecule has 1 fully saturated rings. The van der Waals surface area contributed by atoms with Gasteiger partial charge in [-0.2, -0.15) is 0 Å². The molecule has 0 radical (unpaired) electrons. The van der Waals surface area contributed by atoms with Gasteiger partial charge in [-0.25, -0.2) is 4.79 Å². The molecule has 6 heteroatoms. The molecule has 1 atom stereocenters. The van der Waals surface area contributed by atoms with E-state index in [0.717, 1.165) is 29.8 Å². The molecule has 6 nitrogen and oxygen atoms in total. The first-order valence-electron chi connectivity index (χ1n) is 8.75. The predicted octanol–water partition coefficient (Wildman–Crippen LogP) is 3.05. The normalized spacial score (nSPS) is 14.2. The minimum Gasteiger partial charge on any atom is -0.489 e. The summed E-state index contributed by atoms with van der Waals surface area (Å²) in [7, 11) is 0. The van der Waals surface area contributed by atoms with Gasteiger partial charge in [0.25, 0.3) is 0 Å². The summed E-state index contributed by atoms with van der Waals surface area (Å²) in [5.41, 5.74) is 1.88. The first kappa shape index (κ1) is 17.8. The number of rotatable bonds is 7. The smallest absolute Gasteiger partial charge is 0.321 e. The van der Waals surface area contributed by atoms with Gasteiger partial charge in [-0.1, -0.05) is 30.3 Å². The Morgan fingerprint density at radius 3 is 2.42 bits per heavy atom. The fourth-order valence-corrected chi connectivity index (χ4v) is 2.37. The van der Waals surface area contributed by atoms with Crippen molar-refractivity contribution >= 4 is 17.6 Å². The summed E-state index contributed by atoms with van der Waals surface area (Å²) in [6, 6.07) is 16.6. The minimum absolute atomic E-state index is 0.217. The Hall–Kier alpha value is -3.02. The van der Waals surface area contributed by atoms with Gasteiger partial charge in [0.15, 0.2) is 0 Å². The van der Waals surface area contributed by atoms with Gasteiger partial charge in [0.1, 0.15) is 18.4 Å². The van der Waals surface area contributed by atoms with Gasteiger partial charge in [0.05, 0.1) is 0 Å². The van der Waals surface area contributed by atoms with Gasteiger partial charge in [0.2, 0.25) is 5.91 Å². The number of carbonyl (C=O) groups is 2. The lowest BCUT2D eigenvalue weighted by molar-refractivity contribution is -0.120. The van der Waals surface area contributed by atoms with Crippen molar-refractivity contribution in [3.63, 3.8) is 0 Å². The highest BCUT2D eigenvalue weighted by molar-refractivity contribution is 5.98. The lowest BCUT2D eigenvalue weighted by atomic mass is 10.2. The number of hydrogen-bond donors (Lipinski definition) is 3. The van der Waals surface area contributed by atoms with E-state index in [2.05, 4.69) is 16.0 Å². The molecule has 2 aromatic carbocycles. The SMILES string of the molecule is C[C@@H](Nc1ccc(OCc2ccccc2)cc1)C(=O)NC(=O)NC1CC1. The largest absolute Gasteiger partial charge is 0.489 e. The first-order chi connectivity index (χ1) is 12.6. The fourth-order valence-electron chi connectivity index (χ4n) is 2.37. The van der Waals surface area contributed by atoms with Crippen molar-refractivity contribution < 1.29 is 14.3 Å². The molecule has 3 amide bonds. The van der Waals surface area contributed by atoms with E-state index >= 15 is 0 Å². The molecule has 1 saturated carbocycles. The number of carbonyl (C=O) groups excluding carboxylic acids is 2. The van der Waals surface area contributed by atoms with Crippen molar-refractivity contribution in [3.05, 3.63) is 60.2 Å². The average Bonchev–Trinajstić information content (AvgIpc) is 3.45. The van der Waals surface area contributed by atoms with Gasteiger partial charge in [-0.3, -0.25) is 10.1 Å². The molecule has 0 spiro atoms. The molecule has 0 bridgehead atoms. The molecule has 136 valence electrons. The maximum atomic E-state index is 12.0. The summed E-state index contributed by atoms with van der Waals surface area (Å²) < 4.78 is 5.73. The fraction of sp³-hybridized carbons (Fsp3) is 0.300. The lowest BCUT2D eigenvalue weighted by Gasteiger charge is -2.15. The van der Waals surface area contributed by atoms with Gasteiger partial charge in [0, 0.05) is 11.7 Å². The second-order valence-electron chi connectivity index (χ2n) is 6.40. The molecule has 0 heterocycles. The Balaban J connectivity index is 1.45. The standard InChI is InChI=1S/C20H23N3O3/c1-14(19(24)23-20(25)22-17-7-8-17)21-16-9-11-18(12-10-16)26-13-15-5-3-2-4-6-15/h2-6,9-12,14,17,21H,7-8,13H2,1H3,(H2,22,23,24,25)/t14-/m1/s1. The van der Waals surface area contributed by atoms with E-state index in [1.54, 1.807) is 6.92 Å². The molecule has 26 heavy (non-hydrogen) atoms. The van der Waals surface area contributed by atoms with Crippen LogP contribution in [-0.2, 0) is 11.4 Å². The number of anilines is 1. The third-order valence-corrected chi connectivity index (χ3v) is 4.03. The highest BCUT2D eigenvalue weighted by atomic mass is 16.5. The summed E-state index contributed by atoms with van der Waals surface area (Å²) in [6.45, 7) is 2.21. The maximum absolute atomic E-state index is 12.0. The molecule has 3 rings (SSSR count). The summed E-state index contributed by atoms with van der Waals surface area (Å²) in [5, 5.41) is 8.14. The first-order valence-corrected chi connectivity index (χ1v) is 8.75. The van der Waals surface area contributed by atoms with Crippen LogP contribution in [0.25, 0.3) is 0 Å². The molecule has 3 N–H and O–H groups in total. The van der Waals surface area contributed by atoms with E-state index in [1.807, 2.05) is 54.6 Å². The third kappa shape index (κ3) is 5.51. The quantitative estimate of drug-likeness (QED) is 0.715. The topological polar surface area (TPSA) is 79.5 Å². The Bertz CT molecular complexity index is 743. The van der Waals surface area contributed by atoms with Crippen molar-refractivity contribution in [1.82, 2.24) is 10.6 Å². The molecule has 0 unspecified atom stereocenters. The van der Waals surface area contributed by atoms with Gasteiger partial charge in [-0.15, -0.1) is 0 Å². The maximum Gasteiger partial charge on any atom is 0.321 e. The van der Waals surface area contributed by atoms with Crippen LogP contribution in [0.1, 0.15) is 25.3 Å². The third-order valence-electron chi connectivity index (χ3n) is 4.03. The van der Waals surface area contributed by atoms with Crippen molar-refractivity contribution in [2.45, 2.75) is 38.5 Å². The zero-order chi connectivity index (χ0) is 18.4. The zero-order valence-electron chi connectivity index (χ0n) is 14.7. The summed E-state index contributed by atoms with van der Waals surface area (Å²) >= 11 is 0. The number of benzene rings is 2. The summed E-state index contributed by atoms with van der Waals surface area (Å²) in [5.74, 6) is 0.382. The molecule has 2 aromatic rings. The molecule has 0 saturated heterocycles. The van der Waals surface area contributed by atoms with Crippen LogP contribution in [0.2, 0.25) is 0 Å². The van der Waals surface area contributed by atoms with Crippen LogP contribution in [0.3, 0.4) is 0 Å². The van der Waals surface area contributed by atoms with E-state index in [4.69, 9.17) is 4.74 Å². The number of imide groups is 1. The Labute approximate surface area is 152 Å². The van der Waals surface area contributed by atoms with Crippen molar-refractivity contribution in [2.24, 2.45) is 0 Å². The average molecular weight is 353 g/mol. The van der Waals surface area contributed by atoms with Crippen molar-refractivity contribution in [2.75, 3.05) is 5.32 Å². The van der Waals surface area contributed by atoms with Crippen LogP contribution >= 0.6 is 0 Å². The number of hydrogen-bond acceptors (Lipinski definition) is 4. The van der Waals surface area contributed by atoms with Crippen molar-refractivity contribution in [3.8, 4) is 5.75 Å². The highest BCUT2D eigenvalue weighted by Crippen LogP contribution is 2.19. The Kier molecular flexibility index (Phi) is 5.73. The van der Waals surface area contributed by atoms with Crippen LogP contribution in [-0.4, -0.2) is 24.0 Å². The van der Waals surface area contributed by atoms with Crippen LogP contribution in [0.15, 0.2) is 54.6 Å². The minimum atomic E-state index is -0.531. The van der Waals surface area contributed by atoms with Gasteiger partial charge < -0.3 is 15.4 Å². The number of nitrogens with one attached hydrogen (secondary N) is 3. The second-order valence-corrected chi connectivity index (χ2v) is 6.40. The van der Waals surface area contributed by atoms with Crippen LogP contribution < -0.4 is 20.7 Å². The molecule has 1 aliphatic rings. The van der Waals surface area contributed by atoms with E-state index in [0.29, 0.717) is 6.61 Å². The van der Waals surface area contributed by atoms with Crippen LogP contribution in [0.5, 0.6) is 5.75 Å². The number of ether oxygens (including phenoxy) is 1. The zero-order valence-corrected chi connectivity index (χ0v) is 14.7. The highest BCUT2D eigenvalue weighted by Gasteiger charge is 2.24. The molecular weight excluding hydrogens is 330 g/mol. The molecule has 0 aromatic heterocycles. The molecule has 0 aliphatic heterocycles. The van der Waals surface area contributed by atoms with Crippen molar-refractivity contribution in [1.29, 1.82) is 0 Å². The Morgan fingerprint density at radius 1 is 1.08 bits per heavy atom. The lowest BCUT2D eigenvalue weighted by Crippen LogP contribution is -2.46. The van der Waals surface area contributed by atoms with Gasteiger partial charge >= 0.3 is 6.03 Å². The Morgan fingerprint density at radius 2 is 1.77 bits per heavy atom. The van der Waals surface area contributed by atoms with Crippen LogP contribution in [0.4, 0.5) is 10.5 Å². The van der Waals surface area contributed by atoms with E-state index in [-0.39, 0.29) is 11.9 Å². The molecular formula is C20H23N3O3. The summed E-state index contributed by atoms with van der Waals surface area (Å²) in [6.07, 6.45) is 1.96. The number of urea groups is 1. The summed E-state index contributed by atoms with van der Waals surface area (Å²) in [4.78, 5) is 23.6. The number of amides is 3.